The fourth-order valence-corrected chi connectivity index (χ4v) is 1.37. The Hall–Kier alpha value is -0.770. The zero-order valence-electron chi connectivity index (χ0n) is 6.31. The van der Waals surface area contributed by atoms with E-state index in [1.165, 1.54) is 0 Å². The first-order valence-electron chi connectivity index (χ1n) is 3.76. The van der Waals surface area contributed by atoms with Crippen molar-refractivity contribution in [2.24, 2.45) is 5.41 Å². The van der Waals surface area contributed by atoms with Gasteiger partial charge in [0.25, 0.3) is 0 Å². The molecule has 0 bridgehead atoms. The van der Waals surface area contributed by atoms with E-state index < -0.39 is 0 Å². The lowest BCUT2D eigenvalue weighted by Gasteiger charge is -2.05. The molecule has 1 heteroatoms. The summed E-state index contributed by atoms with van der Waals surface area (Å²) in [7, 11) is 0. The molecule has 0 aromatic carbocycles. The largest absolute Gasteiger partial charge is 0.284 e. The van der Waals surface area contributed by atoms with Crippen LogP contribution < -0.4 is 0 Å². The molecule has 0 spiro atoms. The molecule has 1 fully saturated rings. The smallest absolute Gasteiger partial charge is 0.211 e. The Bertz CT molecular complexity index is 181. The molecule has 1 nitrogen and oxygen atoms in total. The first-order valence-corrected chi connectivity index (χ1v) is 3.76. The Morgan fingerprint density at radius 2 is 2.30 bits per heavy atom. The molecule has 1 aliphatic rings. The predicted octanol–water partition coefficient (Wildman–Crippen LogP) is 1.77. The van der Waals surface area contributed by atoms with Gasteiger partial charge in [0.15, 0.2) is 0 Å². The van der Waals surface area contributed by atoms with Gasteiger partial charge in [-0.05, 0) is 25.2 Å². The average molecular weight is 136 g/mol. The number of hydrogen-bond acceptors (Lipinski definition) is 1. The van der Waals surface area contributed by atoms with Crippen molar-refractivity contribution in [3.8, 4) is 12.3 Å². The van der Waals surface area contributed by atoms with E-state index in [1.54, 1.807) is 0 Å². The summed E-state index contributed by atoms with van der Waals surface area (Å²) in [4.78, 5) is 11.0. The van der Waals surface area contributed by atoms with E-state index in [2.05, 4.69) is 12.8 Å². The maximum Gasteiger partial charge on any atom is 0.211 e. The Kier molecular flexibility index (Phi) is 1.80. The van der Waals surface area contributed by atoms with Gasteiger partial charge in [-0.25, -0.2) is 0 Å². The molecule has 1 aliphatic carbocycles. The maximum atomic E-state index is 11.0. The summed E-state index contributed by atoms with van der Waals surface area (Å²) in [6.07, 6.45) is 9.11. The van der Waals surface area contributed by atoms with E-state index in [1.807, 2.05) is 0 Å². The highest BCUT2D eigenvalue weighted by atomic mass is 16.1. The number of rotatable bonds is 3. The molecule has 0 amide bonds. The van der Waals surface area contributed by atoms with Crippen molar-refractivity contribution in [1.29, 1.82) is 0 Å². The maximum absolute atomic E-state index is 11.0. The molecule has 0 N–H and O–H groups in total. The fraction of sp³-hybridized carbons (Fsp3) is 0.667. The van der Waals surface area contributed by atoms with Crippen LogP contribution in [0.3, 0.4) is 0 Å². The number of hydrogen-bond donors (Lipinski definition) is 0. The molecule has 0 heterocycles. The second-order valence-corrected chi connectivity index (χ2v) is 3.00. The molecule has 0 aromatic heterocycles. The van der Waals surface area contributed by atoms with Gasteiger partial charge < -0.3 is 0 Å². The van der Waals surface area contributed by atoms with E-state index in [0.29, 0.717) is 0 Å². The lowest BCUT2D eigenvalue weighted by molar-refractivity contribution is -0.118. The van der Waals surface area contributed by atoms with Gasteiger partial charge in [0.1, 0.15) is 0 Å². The fourth-order valence-electron chi connectivity index (χ4n) is 1.37. The predicted molar refractivity (Wildman–Crippen MR) is 40.4 cm³/mol. The van der Waals surface area contributed by atoms with Crippen LogP contribution in [-0.4, -0.2) is 5.78 Å². The van der Waals surface area contributed by atoms with E-state index in [-0.39, 0.29) is 11.2 Å². The Morgan fingerprint density at radius 3 is 2.60 bits per heavy atom. The van der Waals surface area contributed by atoms with Crippen LogP contribution in [0.2, 0.25) is 0 Å². The molecule has 0 unspecified atom stereocenters. The third-order valence-electron chi connectivity index (χ3n) is 2.19. The minimum atomic E-state index is -0.0660. The van der Waals surface area contributed by atoms with E-state index in [9.17, 15) is 4.79 Å². The molecule has 54 valence electrons. The topological polar surface area (TPSA) is 17.1 Å². The van der Waals surface area contributed by atoms with E-state index in [4.69, 9.17) is 6.42 Å². The van der Waals surface area contributed by atoms with Crippen molar-refractivity contribution in [2.75, 3.05) is 0 Å². The van der Waals surface area contributed by atoms with Crippen molar-refractivity contribution in [3.63, 3.8) is 0 Å². The molecule has 0 aliphatic heterocycles. The number of Topliss-reactive ketones (excluding diaryl/α,β-unsaturated/α-hetero) is 1. The number of ketones is 1. The van der Waals surface area contributed by atoms with E-state index >= 15 is 0 Å². The molecule has 0 saturated heterocycles. The summed E-state index contributed by atoms with van der Waals surface area (Å²) < 4.78 is 0. The molecule has 1 rings (SSSR count). The third-order valence-corrected chi connectivity index (χ3v) is 2.19. The lowest BCUT2D eigenvalue weighted by atomic mass is 9.96. The first-order chi connectivity index (χ1) is 4.75. The van der Waals surface area contributed by atoms with Gasteiger partial charge in [-0.15, -0.1) is 6.42 Å². The highest BCUT2D eigenvalue weighted by Gasteiger charge is 2.47. The molecular weight excluding hydrogens is 124 g/mol. The number of carbonyl (C=O) groups excluding carboxylic acids is 1. The van der Waals surface area contributed by atoms with Crippen LogP contribution in [0, 0.1) is 17.8 Å². The summed E-state index contributed by atoms with van der Waals surface area (Å²) >= 11 is 0. The number of carbonyl (C=O) groups is 1. The zero-order chi connectivity index (χ0) is 7.61. The van der Waals surface area contributed by atoms with Crippen molar-refractivity contribution < 1.29 is 4.79 Å². The average Bonchev–Trinajstić information content (AvgIpc) is 2.69. The SMILES string of the molecule is C#CC(=O)C1(CCC)CC1. The zero-order valence-corrected chi connectivity index (χ0v) is 6.31. The Morgan fingerprint density at radius 1 is 1.70 bits per heavy atom. The number of terminal acetylenes is 1. The van der Waals surface area contributed by atoms with Crippen LogP contribution in [0.4, 0.5) is 0 Å². The molecule has 1 saturated carbocycles. The lowest BCUT2D eigenvalue weighted by Crippen LogP contribution is -2.12. The van der Waals surface area contributed by atoms with Gasteiger partial charge in [0.2, 0.25) is 5.78 Å². The van der Waals surface area contributed by atoms with E-state index in [0.717, 1.165) is 25.7 Å². The normalized spacial score (nSPS) is 19.6. The van der Waals surface area contributed by atoms with Gasteiger partial charge in [-0.3, -0.25) is 4.79 Å². The van der Waals surface area contributed by atoms with Gasteiger partial charge in [0, 0.05) is 5.41 Å². The highest BCUT2D eigenvalue weighted by molar-refractivity contribution is 6.01. The minimum Gasteiger partial charge on any atom is -0.284 e. The van der Waals surface area contributed by atoms with Gasteiger partial charge in [-0.2, -0.15) is 0 Å². The summed E-state index contributed by atoms with van der Waals surface area (Å²) in [6, 6.07) is 0. The van der Waals surface area contributed by atoms with Gasteiger partial charge >= 0.3 is 0 Å². The summed E-state index contributed by atoms with van der Waals surface area (Å²) in [6.45, 7) is 2.09. The second kappa shape index (κ2) is 2.46. The first kappa shape index (κ1) is 7.34. The molecule has 0 aromatic rings. The second-order valence-electron chi connectivity index (χ2n) is 3.00. The molecular formula is C9H12O. The van der Waals surface area contributed by atoms with Crippen molar-refractivity contribution >= 4 is 5.78 Å². The molecule has 0 radical (unpaired) electrons. The quantitative estimate of drug-likeness (QED) is 0.427. The van der Waals surface area contributed by atoms with Crippen molar-refractivity contribution in [3.05, 3.63) is 0 Å². The summed E-state index contributed by atoms with van der Waals surface area (Å²) in [5.74, 6) is 2.24. The minimum absolute atomic E-state index is 0.0225. The van der Waals surface area contributed by atoms with Crippen LogP contribution in [0.25, 0.3) is 0 Å². The standard InChI is InChI=1S/C9H12O/c1-3-5-9(6-7-9)8(10)4-2/h2H,3,5-7H2,1H3. The molecule has 0 atom stereocenters. The summed E-state index contributed by atoms with van der Waals surface area (Å²) in [5.41, 5.74) is -0.0660. The molecule has 10 heavy (non-hydrogen) atoms. The Balaban J connectivity index is 2.54. The third kappa shape index (κ3) is 1.07. The van der Waals surface area contributed by atoms with Crippen LogP contribution >= 0.6 is 0 Å². The Labute approximate surface area is 61.8 Å². The highest BCUT2D eigenvalue weighted by Crippen LogP contribution is 2.50. The monoisotopic (exact) mass is 136 g/mol. The van der Waals surface area contributed by atoms with Gasteiger partial charge in [-0.1, -0.05) is 13.3 Å². The van der Waals surface area contributed by atoms with Crippen LogP contribution in [0.1, 0.15) is 32.6 Å². The van der Waals surface area contributed by atoms with Crippen LogP contribution in [0.15, 0.2) is 0 Å². The van der Waals surface area contributed by atoms with Crippen molar-refractivity contribution in [2.45, 2.75) is 32.6 Å². The van der Waals surface area contributed by atoms with Crippen LogP contribution in [0.5, 0.6) is 0 Å². The van der Waals surface area contributed by atoms with Gasteiger partial charge in [0.05, 0.1) is 0 Å². The van der Waals surface area contributed by atoms with Crippen molar-refractivity contribution in [1.82, 2.24) is 0 Å². The van der Waals surface area contributed by atoms with Crippen LogP contribution in [-0.2, 0) is 4.79 Å². The summed E-state index contributed by atoms with van der Waals surface area (Å²) in [5, 5.41) is 0.